The molecule has 1 fully saturated rings. The summed E-state index contributed by atoms with van der Waals surface area (Å²) < 4.78 is 10.5. The molecule has 1 aliphatic rings. The Labute approximate surface area is 136 Å². The Kier molecular flexibility index (Phi) is 5.75. The van der Waals surface area contributed by atoms with E-state index in [1.807, 2.05) is 0 Å². The first kappa shape index (κ1) is 18.2. The predicted octanol–water partition coefficient (Wildman–Crippen LogP) is -1.33. The molecule has 0 saturated carbocycles. The van der Waals surface area contributed by atoms with Crippen LogP contribution in [-0.4, -0.2) is 73.9 Å². The van der Waals surface area contributed by atoms with Crippen LogP contribution in [0.25, 0.3) is 6.08 Å². The third-order valence-electron chi connectivity index (χ3n) is 3.49. The zero-order valence-electron chi connectivity index (χ0n) is 12.4. The second kappa shape index (κ2) is 7.60. The van der Waals surface area contributed by atoms with Gasteiger partial charge in [-0.1, -0.05) is 6.07 Å². The van der Waals surface area contributed by atoms with Crippen molar-refractivity contribution in [3.05, 3.63) is 29.8 Å². The van der Waals surface area contributed by atoms with E-state index in [0.29, 0.717) is 5.56 Å². The molecule has 0 aliphatic carbocycles. The van der Waals surface area contributed by atoms with Crippen molar-refractivity contribution in [1.29, 1.82) is 0 Å². The summed E-state index contributed by atoms with van der Waals surface area (Å²) >= 11 is 0. The maximum absolute atomic E-state index is 10.5. The minimum atomic E-state index is -1.62. The summed E-state index contributed by atoms with van der Waals surface area (Å²) in [6, 6.07) is 3.99. The number of aliphatic hydroxyl groups is 4. The summed E-state index contributed by atoms with van der Waals surface area (Å²) in [5.74, 6) is -1.59. The van der Waals surface area contributed by atoms with Crippen LogP contribution >= 0.6 is 0 Å². The fraction of sp³-hybridized carbons (Fsp3) is 0.400. The molecule has 1 aromatic rings. The molecule has 24 heavy (non-hydrogen) atoms. The lowest BCUT2D eigenvalue weighted by atomic mass is 9.99. The summed E-state index contributed by atoms with van der Waals surface area (Å²) in [6.07, 6.45) is -5.20. The lowest BCUT2D eigenvalue weighted by Crippen LogP contribution is -2.60. The first-order valence-corrected chi connectivity index (χ1v) is 7.04. The SMILES string of the molecule is O=C(O)C=Cc1ccc(O)c(OC2O[C@H](CO)[C@@H](O)[C@H](O)[C@H]2O)c1. The molecule has 0 bridgehead atoms. The Morgan fingerprint density at radius 2 is 1.92 bits per heavy atom. The van der Waals surface area contributed by atoms with Gasteiger partial charge in [0, 0.05) is 6.08 Å². The van der Waals surface area contributed by atoms with Gasteiger partial charge in [0.2, 0.25) is 6.29 Å². The van der Waals surface area contributed by atoms with Gasteiger partial charge in [0.25, 0.3) is 0 Å². The van der Waals surface area contributed by atoms with Gasteiger partial charge in [-0.3, -0.25) is 0 Å². The molecular formula is C15H18O9. The molecule has 0 spiro atoms. The molecule has 1 unspecified atom stereocenters. The number of phenolic OH excluding ortho intramolecular Hbond substituents is 1. The molecule has 9 heteroatoms. The zero-order chi connectivity index (χ0) is 17.9. The summed E-state index contributed by atoms with van der Waals surface area (Å²) in [6.45, 7) is -0.613. The number of aromatic hydroxyl groups is 1. The van der Waals surface area contributed by atoms with Crippen molar-refractivity contribution >= 4 is 12.0 Å². The smallest absolute Gasteiger partial charge is 0.328 e. The molecule has 1 aliphatic heterocycles. The molecule has 0 aromatic heterocycles. The number of carboxylic acid groups (broad SMARTS) is 1. The fourth-order valence-corrected chi connectivity index (χ4v) is 2.19. The Morgan fingerprint density at radius 1 is 1.21 bits per heavy atom. The quantitative estimate of drug-likeness (QED) is 0.357. The number of ether oxygens (including phenoxy) is 2. The van der Waals surface area contributed by atoms with Crippen LogP contribution in [0.5, 0.6) is 11.5 Å². The van der Waals surface area contributed by atoms with Crippen LogP contribution in [0.1, 0.15) is 5.56 Å². The van der Waals surface area contributed by atoms with E-state index in [9.17, 15) is 25.2 Å². The van der Waals surface area contributed by atoms with E-state index in [0.717, 1.165) is 6.08 Å². The number of hydrogen-bond acceptors (Lipinski definition) is 8. The first-order chi connectivity index (χ1) is 11.3. The molecule has 1 heterocycles. The second-order valence-corrected chi connectivity index (χ2v) is 5.21. The molecular weight excluding hydrogens is 324 g/mol. The topological polar surface area (TPSA) is 157 Å². The van der Waals surface area contributed by atoms with E-state index >= 15 is 0 Å². The fourth-order valence-electron chi connectivity index (χ4n) is 2.19. The van der Waals surface area contributed by atoms with E-state index in [4.69, 9.17) is 19.7 Å². The van der Waals surface area contributed by atoms with Crippen molar-refractivity contribution in [2.75, 3.05) is 6.61 Å². The Bertz CT molecular complexity index is 613. The highest BCUT2D eigenvalue weighted by molar-refractivity contribution is 5.85. The molecule has 1 aromatic carbocycles. The molecule has 1 saturated heterocycles. The molecule has 6 N–H and O–H groups in total. The van der Waals surface area contributed by atoms with Crippen LogP contribution in [0.3, 0.4) is 0 Å². The average molecular weight is 342 g/mol. The van der Waals surface area contributed by atoms with Crippen LogP contribution in [0.2, 0.25) is 0 Å². The van der Waals surface area contributed by atoms with Crippen LogP contribution in [0, 0.1) is 0 Å². The molecule has 9 nitrogen and oxygen atoms in total. The third-order valence-corrected chi connectivity index (χ3v) is 3.49. The number of hydrogen-bond donors (Lipinski definition) is 6. The highest BCUT2D eigenvalue weighted by Crippen LogP contribution is 2.31. The van der Waals surface area contributed by atoms with Gasteiger partial charge in [0.1, 0.15) is 24.4 Å². The maximum atomic E-state index is 10.5. The van der Waals surface area contributed by atoms with Gasteiger partial charge < -0.3 is 40.1 Å². The Morgan fingerprint density at radius 3 is 2.54 bits per heavy atom. The number of carbonyl (C=O) groups is 1. The van der Waals surface area contributed by atoms with Gasteiger partial charge >= 0.3 is 5.97 Å². The van der Waals surface area contributed by atoms with E-state index in [1.54, 1.807) is 0 Å². The van der Waals surface area contributed by atoms with Gasteiger partial charge in [-0.05, 0) is 23.8 Å². The zero-order valence-corrected chi connectivity index (χ0v) is 12.4. The Balaban J connectivity index is 2.20. The van der Waals surface area contributed by atoms with Gasteiger partial charge in [0.15, 0.2) is 11.5 Å². The molecule has 0 amide bonds. The average Bonchev–Trinajstić information content (AvgIpc) is 2.55. The number of benzene rings is 1. The van der Waals surface area contributed by atoms with Crippen LogP contribution in [0.4, 0.5) is 0 Å². The van der Waals surface area contributed by atoms with Crippen molar-refractivity contribution < 1.29 is 44.9 Å². The van der Waals surface area contributed by atoms with Crippen LogP contribution < -0.4 is 4.74 Å². The van der Waals surface area contributed by atoms with Crippen molar-refractivity contribution in [2.45, 2.75) is 30.7 Å². The molecule has 5 atom stereocenters. The number of phenols is 1. The molecule has 132 valence electrons. The summed E-state index contributed by atoms with van der Waals surface area (Å²) in [7, 11) is 0. The highest BCUT2D eigenvalue weighted by atomic mass is 16.7. The monoisotopic (exact) mass is 342 g/mol. The molecule has 2 rings (SSSR count). The Hall–Kier alpha value is -2.17. The van der Waals surface area contributed by atoms with Crippen molar-refractivity contribution in [1.82, 2.24) is 0 Å². The summed E-state index contributed by atoms with van der Waals surface area (Å²) in [4.78, 5) is 10.5. The summed E-state index contributed by atoms with van der Waals surface area (Å²) in [5, 5.41) is 56.8. The van der Waals surface area contributed by atoms with Crippen LogP contribution in [0.15, 0.2) is 24.3 Å². The van der Waals surface area contributed by atoms with Gasteiger partial charge in [-0.2, -0.15) is 0 Å². The standard InChI is InChI=1S/C15H18O9/c16-6-10-12(20)13(21)14(22)15(24-10)23-9-5-7(1-3-8(9)17)2-4-11(18)19/h1-5,10,12-17,20-22H,6H2,(H,18,19)/t10-,12-,13+,14-,15?/m1/s1. The lowest BCUT2D eigenvalue weighted by Gasteiger charge is -2.39. The van der Waals surface area contributed by atoms with E-state index in [1.165, 1.54) is 24.3 Å². The number of aliphatic carboxylic acids is 1. The van der Waals surface area contributed by atoms with Crippen LogP contribution in [-0.2, 0) is 9.53 Å². The van der Waals surface area contributed by atoms with Crippen molar-refractivity contribution in [3.63, 3.8) is 0 Å². The van der Waals surface area contributed by atoms with Gasteiger partial charge in [0.05, 0.1) is 6.61 Å². The molecule has 0 radical (unpaired) electrons. The van der Waals surface area contributed by atoms with Gasteiger partial charge in [-0.25, -0.2) is 4.79 Å². The van der Waals surface area contributed by atoms with Crippen molar-refractivity contribution in [2.24, 2.45) is 0 Å². The third kappa shape index (κ3) is 4.02. The maximum Gasteiger partial charge on any atom is 0.328 e. The highest BCUT2D eigenvalue weighted by Gasteiger charge is 2.44. The minimum absolute atomic E-state index is 0.133. The predicted molar refractivity (Wildman–Crippen MR) is 79.2 cm³/mol. The van der Waals surface area contributed by atoms with E-state index in [-0.39, 0.29) is 11.5 Å². The van der Waals surface area contributed by atoms with Crippen molar-refractivity contribution in [3.8, 4) is 11.5 Å². The lowest BCUT2D eigenvalue weighted by molar-refractivity contribution is -0.277. The van der Waals surface area contributed by atoms with Gasteiger partial charge in [-0.15, -0.1) is 0 Å². The number of rotatable bonds is 5. The number of aliphatic hydroxyl groups excluding tert-OH is 4. The normalized spacial score (nSPS) is 30.4. The number of carboxylic acids is 1. The summed E-state index contributed by atoms with van der Waals surface area (Å²) in [5.41, 5.74) is 0.398. The van der Waals surface area contributed by atoms with E-state index < -0.39 is 43.3 Å². The minimum Gasteiger partial charge on any atom is -0.504 e. The van der Waals surface area contributed by atoms with E-state index in [2.05, 4.69) is 0 Å². The largest absolute Gasteiger partial charge is 0.504 e. The second-order valence-electron chi connectivity index (χ2n) is 5.21. The first-order valence-electron chi connectivity index (χ1n) is 7.04.